The van der Waals surface area contributed by atoms with Crippen LogP contribution in [-0.2, 0) is 4.79 Å². The summed E-state index contributed by atoms with van der Waals surface area (Å²) in [5.41, 5.74) is 0.137. The van der Waals surface area contributed by atoms with Crippen molar-refractivity contribution in [2.45, 2.75) is 12.2 Å². The predicted molar refractivity (Wildman–Crippen MR) is 39.6 cm³/mol. The molecular formula is C5H6N2O4S. The Morgan fingerprint density at radius 3 is 2.83 bits per heavy atom. The highest BCUT2D eigenvalue weighted by Gasteiger charge is 2.27. The van der Waals surface area contributed by atoms with Gasteiger partial charge < -0.3 is 10.3 Å². The fourth-order valence-electron chi connectivity index (χ4n) is 0.667. The van der Waals surface area contributed by atoms with Crippen LogP contribution >= 0.6 is 12.6 Å². The number of thiol groups is 1. The Bertz CT molecular complexity index is 310. The van der Waals surface area contributed by atoms with E-state index in [0.717, 1.165) is 0 Å². The van der Waals surface area contributed by atoms with E-state index in [2.05, 4.69) is 22.4 Å². The lowest BCUT2D eigenvalue weighted by Gasteiger charge is -1.95. The Hall–Kier alpha value is -1.24. The van der Waals surface area contributed by atoms with Crippen molar-refractivity contribution in [1.29, 1.82) is 0 Å². The van der Waals surface area contributed by atoms with Crippen molar-refractivity contribution in [3.8, 4) is 0 Å². The Morgan fingerprint density at radius 1 is 1.92 bits per heavy atom. The van der Waals surface area contributed by atoms with Gasteiger partial charge in [0.15, 0.2) is 10.9 Å². The van der Waals surface area contributed by atoms with Crippen LogP contribution in [0.5, 0.6) is 0 Å². The molecule has 66 valence electrons. The number of carbonyl (C=O) groups is 1. The van der Waals surface area contributed by atoms with Crippen molar-refractivity contribution in [1.82, 2.24) is 5.16 Å². The van der Waals surface area contributed by atoms with E-state index in [0.29, 0.717) is 0 Å². The first-order valence-electron chi connectivity index (χ1n) is 3.01. The smallest absolute Gasteiger partial charge is 0.325 e. The average Bonchev–Trinajstić information content (AvgIpc) is 2.32. The molecule has 1 aromatic rings. The zero-order valence-electron chi connectivity index (χ0n) is 6.09. The standard InChI is InChI=1S/C5H6N2O4S/c1-2-3(4(12)5(8)9)6-11-7(2)10/h4,12H,1H3,(H,8,9)/t4-/m0/s1. The van der Waals surface area contributed by atoms with Gasteiger partial charge in [0.2, 0.25) is 5.69 Å². The van der Waals surface area contributed by atoms with Crippen molar-refractivity contribution < 1.29 is 19.4 Å². The van der Waals surface area contributed by atoms with E-state index in [1.165, 1.54) is 6.92 Å². The molecule has 6 nitrogen and oxygen atoms in total. The molecule has 0 unspecified atom stereocenters. The summed E-state index contributed by atoms with van der Waals surface area (Å²) in [5.74, 6) is -1.17. The molecule has 0 aromatic carbocycles. The van der Waals surface area contributed by atoms with E-state index >= 15 is 0 Å². The number of aliphatic carboxylic acids is 1. The Balaban J connectivity index is 3.03. The molecule has 1 heterocycles. The first-order valence-corrected chi connectivity index (χ1v) is 3.52. The van der Waals surface area contributed by atoms with Crippen molar-refractivity contribution >= 4 is 18.6 Å². The number of carboxylic acids is 1. The van der Waals surface area contributed by atoms with Crippen LogP contribution in [0.2, 0.25) is 0 Å². The van der Waals surface area contributed by atoms with Gasteiger partial charge in [-0.2, -0.15) is 12.6 Å². The summed E-state index contributed by atoms with van der Waals surface area (Å²) in [7, 11) is 0. The van der Waals surface area contributed by atoms with Crippen LogP contribution in [0.4, 0.5) is 0 Å². The summed E-state index contributed by atoms with van der Waals surface area (Å²) in [5, 5.41) is 21.3. The van der Waals surface area contributed by atoms with Gasteiger partial charge in [-0.15, -0.1) is 0 Å². The topological polar surface area (TPSA) is 90.3 Å². The molecule has 0 spiro atoms. The highest BCUT2D eigenvalue weighted by atomic mass is 32.1. The quantitative estimate of drug-likeness (QED) is 0.492. The maximum Gasteiger partial charge on any atom is 0.325 e. The Labute approximate surface area is 72.7 Å². The summed E-state index contributed by atoms with van der Waals surface area (Å²) < 4.78 is 4.17. The lowest BCUT2D eigenvalue weighted by atomic mass is 10.2. The van der Waals surface area contributed by atoms with Crippen molar-refractivity contribution in [3.63, 3.8) is 0 Å². The molecule has 0 aliphatic heterocycles. The molecule has 12 heavy (non-hydrogen) atoms. The van der Waals surface area contributed by atoms with Crippen LogP contribution in [-0.4, -0.2) is 16.2 Å². The van der Waals surface area contributed by atoms with E-state index in [-0.39, 0.29) is 16.3 Å². The molecule has 0 amide bonds. The van der Waals surface area contributed by atoms with Gasteiger partial charge in [0.25, 0.3) is 0 Å². The molecular weight excluding hydrogens is 184 g/mol. The average molecular weight is 190 g/mol. The minimum absolute atomic E-state index is 0.0285. The normalized spacial score (nSPS) is 12.8. The van der Waals surface area contributed by atoms with Gasteiger partial charge in [-0.05, 0) is 4.90 Å². The molecule has 0 aliphatic carbocycles. The van der Waals surface area contributed by atoms with Gasteiger partial charge in [0.1, 0.15) is 0 Å². The Morgan fingerprint density at radius 2 is 2.50 bits per heavy atom. The fraction of sp³-hybridized carbons (Fsp3) is 0.400. The summed E-state index contributed by atoms with van der Waals surface area (Å²) in [4.78, 5) is 10.5. The molecule has 0 fully saturated rings. The van der Waals surface area contributed by atoms with E-state index in [1.54, 1.807) is 0 Å². The van der Waals surface area contributed by atoms with Crippen LogP contribution < -0.4 is 4.90 Å². The van der Waals surface area contributed by atoms with Gasteiger partial charge in [0.05, 0.1) is 0 Å². The molecule has 1 aromatic heterocycles. The summed E-state index contributed by atoms with van der Waals surface area (Å²) in [6, 6.07) is 0. The van der Waals surface area contributed by atoms with E-state index in [4.69, 9.17) is 5.11 Å². The van der Waals surface area contributed by atoms with Crippen molar-refractivity contribution in [3.05, 3.63) is 16.6 Å². The second kappa shape index (κ2) is 3.02. The second-order valence-electron chi connectivity index (χ2n) is 2.14. The van der Waals surface area contributed by atoms with Gasteiger partial charge in [-0.1, -0.05) is 0 Å². The van der Waals surface area contributed by atoms with Crippen molar-refractivity contribution in [2.75, 3.05) is 0 Å². The minimum atomic E-state index is -1.17. The van der Waals surface area contributed by atoms with Crippen LogP contribution in [0.25, 0.3) is 0 Å². The lowest BCUT2D eigenvalue weighted by molar-refractivity contribution is -0.806. The zero-order valence-corrected chi connectivity index (χ0v) is 6.99. The second-order valence-corrected chi connectivity index (χ2v) is 2.66. The van der Waals surface area contributed by atoms with Crippen molar-refractivity contribution in [2.24, 2.45) is 0 Å². The Kier molecular flexibility index (Phi) is 2.22. The number of carboxylic acid groups (broad SMARTS) is 1. The highest BCUT2D eigenvalue weighted by Crippen LogP contribution is 2.18. The SMILES string of the molecule is Cc1c([C@H](S)C(=O)O)no[n+]1[O-]. The molecule has 1 rings (SSSR count). The number of hydrogen-bond donors (Lipinski definition) is 2. The molecule has 0 saturated heterocycles. The number of hydrogen-bond acceptors (Lipinski definition) is 5. The van der Waals surface area contributed by atoms with Gasteiger partial charge in [0, 0.05) is 12.1 Å². The molecule has 1 atom stereocenters. The maximum atomic E-state index is 10.6. The summed E-state index contributed by atoms with van der Waals surface area (Å²) in [6.07, 6.45) is 0. The summed E-state index contributed by atoms with van der Waals surface area (Å²) in [6.45, 7) is 1.41. The van der Waals surface area contributed by atoms with Gasteiger partial charge in [-0.3, -0.25) is 9.42 Å². The van der Waals surface area contributed by atoms with E-state index in [1.807, 2.05) is 0 Å². The first-order chi connectivity index (χ1) is 5.54. The first kappa shape index (κ1) is 8.85. The number of nitrogens with zero attached hydrogens (tertiary/aromatic N) is 2. The monoisotopic (exact) mass is 190 g/mol. The molecule has 1 N–H and O–H groups in total. The van der Waals surface area contributed by atoms with E-state index < -0.39 is 11.2 Å². The highest BCUT2D eigenvalue weighted by molar-refractivity contribution is 7.81. The van der Waals surface area contributed by atoms with E-state index in [9.17, 15) is 10.0 Å². The minimum Gasteiger partial charge on any atom is -0.480 e. The third kappa shape index (κ3) is 1.35. The van der Waals surface area contributed by atoms with Gasteiger partial charge >= 0.3 is 5.97 Å². The molecule has 0 radical (unpaired) electrons. The van der Waals surface area contributed by atoms with Gasteiger partial charge in [-0.25, -0.2) is 0 Å². The molecule has 0 bridgehead atoms. The molecule has 0 saturated carbocycles. The third-order valence-corrected chi connectivity index (χ3v) is 1.82. The predicted octanol–water partition coefficient (Wildman–Crippen LogP) is -0.328. The molecule has 0 aliphatic rings. The lowest BCUT2D eigenvalue weighted by Crippen LogP contribution is -2.26. The number of rotatable bonds is 2. The van der Waals surface area contributed by atoms with Crippen LogP contribution in [0, 0.1) is 12.1 Å². The van der Waals surface area contributed by atoms with Crippen LogP contribution in [0.1, 0.15) is 16.6 Å². The largest absolute Gasteiger partial charge is 0.480 e. The molecule has 7 heteroatoms. The van der Waals surface area contributed by atoms with Crippen LogP contribution in [0.3, 0.4) is 0 Å². The zero-order chi connectivity index (χ0) is 9.30. The van der Waals surface area contributed by atoms with Crippen LogP contribution in [0.15, 0.2) is 4.63 Å². The number of aromatic nitrogens is 2. The third-order valence-electron chi connectivity index (χ3n) is 1.35. The summed E-state index contributed by atoms with van der Waals surface area (Å²) >= 11 is 3.72. The fourth-order valence-corrected chi connectivity index (χ4v) is 0.901. The maximum absolute atomic E-state index is 10.6.